The van der Waals surface area contributed by atoms with Crippen LogP contribution >= 0.6 is 11.3 Å². The molecule has 0 saturated heterocycles. The van der Waals surface area contributed by atoms with Crippen molar-refractivity contribution in [3.8, 4) is 51.4 Å². The zero-order valence-electron chi connectivity index (χ0n) is 25.1. The van der Waals surface area contributed by atoms with Gasteiger partial charge in [0, 0.05) is 51.5 Å². The van der Waals surface area contributed by atoms with Crippen LogP contribution in [0.15, 0.2) is 53.9 Å². The maximum Gasteiger partial charge on any atom is 0.298 e. The Bertz CT molecular complexity index is 2070. The predicted molar refractivity (Wildman–Crippen MR) is 172 cm³/mol. The van der Waals surface area contributed by atoms with E-state index in [0.717, 1.165) is 50.1 Å². The van der Waals surface area contributed by atoms with Crippen LogP contribution < -0.4 is 10.1 Å². The van der Waals surface area contributed by atoms with Crippen molar-refractivity contribution in [3.63, 3.8) is 0 Å². The van der Waals surface area contributed by atoms with Gasteiger partial charge in [-0.3, -0.25) is 14.3 Å². The lowest BCUT2D eigenvalue weighted by molar-refractivity contribution is -0.126. The number of aromatic nitrogens is 3. The number of rotatable bonds is 5. The Morgan fingerprint density at radius 3 is 2.76 bits per heavy atom. The maximum atomic E-state index is 14.6. The smallest absolute Gasteiger partial charge is 0.298 e. The van der Waals surface area contributed by atoms with Crippen molar-refractivity contribution in [2.45, 2.75) is 46.4 Å². The van der Waals surface area contributed by atoms with Crippen LogP contribution in [0.25, 0.3) is 43.9 Å². The summed E-state index contributed by atoms with van der Waals surface area (Å²) in [6, 6.07) is 14.5. The van der Waals surface area contributed by atoms with E-state index < -0.39 is 5.82 Å². The summed E-state index contributed by atoms with van der Waals surface area (Å²) < 4.78 is 23.6. The molecule has 2 aliphatic rings. The summed E-state index contributed by atoms with van der Waals surface area (Å²) >= 11 is 1.58. The van der Waals surface area contributed by atoms with Crippen molar-refractivity contribution in [1.82, 2.24) is 25.0 Å². The summed E-state index contributed by atoms with van der Waals surface area (Å²) in [7, 11) is 0. The number of benzene rings is 2. The fourth-order valence-corrected chi connectivity index (χ4v) is 7.01. The van der Waals surface area contributed by atoms with Gasteiger partial charge in [-0.05, 0) is 80.5 Å². The second-order valence-electron chi connectivity index (χ2n) is 11.4. The standard InChI is InChI=1S/C35H30FN5O3S/c1-4-5-30(42)40-13-14-41-24(19-40)18-28(39-41)33-31(26-9-7-23(36)17-29(26)44-20(2)3)34-27(11-15-45-34)32(38-33)22-6-8-25-21(16-22)10-12-37-35(25)43/h6-9,11,15-18,20H,10,12-14,19H2,1-3H3,(H,37,43). The molecule has 0 fully saturated rings. The van der Waals surface area contributed by atoms with E-state index in [1.807, 2.05) is 48.2 Å². The van der Waals surface area contributed by atoms with E-state index in [2.05, 4.69) is 23.2 Å². The SMILES string of the molecule is CC#CC(=O)N1CCn2nc(-c3nc(-c4ccc5c(c4)CCNC5=O)c4ccsc4c3-c3ccc(F)cc3OC(C)C)cc2C1. The second-order valence-corrected chi connectivity index (χ2v) is 12.3. The van der Waals surface area contributed by atoms with Crippen molar-refractivity contribution in [3.05, 3.63) is 76.5 Å². The van der Waals surface area contributed by atoms with E-state index in [1.54, 1.807) is 29.2 Å². The molecule has 45 heavy (non-hydrogen) atoms. The number of hydrogen-bond acceptors (Lipinski definition) is 6. The molecule has 5 aromatic rings. The average molecular weight is 620 g/mol. The Morgan fingerprint density at radius 2 is 1.93 bits per heavy atom. The lowest BCUT2D eigenvalue weighted by Gasteiger charge is -2.25. The first-order chi connectivity index (χ1) is 21.8. The van der Waals surface area contributed by atoms with Gasteiger partial charge in [-0.2, -0.15) is 5.10 Å². The highest BCUT2D eigenvalue weighted by molar-refractivity contribution is 7.18. The number of halogens is 1. The van der Waals surface area contributed by atoms with E-state index in [-0.39, 0.29) is 17.9 Å². The van der Waals surface area contributed by atoms with Gasteiger partial charge in [0.05, 0.1) is 30.6 Å². The van der Waals surface area contributed by atoms with E-state index in [9.17, 15) is 14.0 Å². The summed E-state index contributed by atoms with van der Waals surface area (Å²) in [4.78, 5) is 32.1. The number of carbonyl (C=O) groups excluding carboxylic acids is 2. The summed E-state index contributed by atoms with van der Waals surface area (Å²) in [5, 5.41) is 10.9. The third-order valence-electron chi connectivity index (χ3n) is 8.05. The molecule has 0 unspecified atom stereocenters. The summed E-state index contributed by atoms with van der Waals surface area (Å²) in [6.45, 7) is 7.48. The third-order valence-corrected chi connectivity index (χ3v) is 8.98. The van der Waals surface area contributed by atoms with Crippen molar-refractivity contribution in [1.29, 1.82) is 0 Å². The lowest BCUT2D eigenvalue weighted by Crippen LogP contribution is -2.37. The topological polar surface area (TPSA) is 89.4 Å². The quantitative estimate of drug-likeness (QED) is 0.241. The highest BCUT2D eigenvalue weighted by atomic mass is 32.1. The maximum absolute atomic E-state index is 14.6. The Balaban J connectivity index is 1.46. The zero-order valence-corrected chi connectivity index (χ0v) is 25.9. The van der Waals surface area contributed by atoms with Crippen molar-refractivity contribution in [2.24, 2.45) is 0 Å². The molecule has 2 amide bonds. The fraction of sp³-hybridized carbons (Fsp3) is 0.257. The molecule has 2 aliphatic heterocycles. The summed E-state index contributed by atoms with van der Waals surface area (Å²) in [5.74, 6) is 5.08. The van der Waals surface area contributed by atoms with Crippen molar-refractivity contribution in [2.75, 3.05) is 13.1 Å². The molecule has 2 aromatic carbocycles. The van der Waals surface area contributed by atoms with Crippen LogP contribution in [-0.2, 0) is 24.3 Å². The molecule has 1 N–H and O–H groups in total. The third kappa shape index (κ3) is 5.23. The van der Waals surface area contributed by atoms with Crippen LogP contribution in [0.4, 0.5) is 4.39 Å². The Kier molecular flexibility index (Phi) is 7.34. The van der Waals surface area contributed by atoms with Gasteiger partial charge in [0.15, 0.2) is 0 Å². The number of pyridine rings is 1. The molecule has 0 spiro atoms. The molecule has 0 aliphatic carbocycles. The van der Waals surface area contributed by atoms with Crippen LogP contribution in [0.2, 0.25) is 0 Å². The van der Waals surface area contributed by atoms with Crippen LogP contribution in [0, 0.1) is 17.7 Å². The van der Waals surface area contributed by atoms with E-state index >= 15 is 0 Å². The number of hydrogen-bond donors (Lipinski definition) is 1. The van der Waals surface area contributed by atoms with Gasteiger partial charge >= 0.3 is 0 Å². The van der Waals surface area contributed by atoms with Crippen LogP contribution in [0.5, 0.6) is 5.75 Å². The molecule has 7 rings (SSSR count). The molecule has 0 saturated carbocycles. The number of fused-ring (bicyclic) bond motifs is 3. The first kappa shape index (κ1) is 28.7. The van der Waals surface area contributed by atoms with Crippen molar-refractivity contribution >= 4 is 33.2 Å². The van der Waals surface area contributed by atoms with Gasteiger partial charge < -0.3 is 15.0 Å². The molecule has 10 heteroatoms. The minimum atomic E-state index is -0.390. The van der Waals surface area contributed by atoms with Gasteiger partial charge in [0.25, 0.3) is 11.8 Å². The highest BCUT2D eigenvalue weighted by Crippen LogP contribution is 2.46. The Hall–Kier alpha value is -5.01. The Morgan fingerprint density at radius 1 is 1.09 bits per heavy atom. The number of carbonyl (C=O) groups is 2. The molecule has 8 nitrogen and oxygen atoms in total. The van der Waals surface area contributed by atoms with Gasteiger partial charge in [-0.15, -0.1) is 11.3 Å². The largest absolute Gasteiger partial charge is 0.490 e. The average Bonchev–Trinajstić information content (AvgIpc) is 3.68. The lowest BCUT2D eigenvalue weighted by atomic mass is 9.94. The van der Waals surface area contributed by atoms with Gasteiger partial charge in [0.2, 0.25) is 0 Å². The van der Waals surface area contributed by atoms with E-state index in [4.69, 9.17) is 14.8 Å². The van der Waals surface area contributed by atoms with Crippen LogP contribution in [0.3, 0.4) is 0 Å². The molecule has 0 atom stereocenters. The first-order valence-electron chi connectivity index (χ1n) is 14.9. The predicted octanol–water partition coefficient (Wildman–Crippen LogP) is 6.07. The molecule has 0 bridgehead atoms. The Labute approximate surface area is 263 Å². The molecule has 226 valence electrons. The normalized spacial score (nSPS) is 14.1. The molecule has 3 aromatic heterocycles. The van der Waals surface area contributed by atoms with Crippen molar-refractivity contribution < 1.29 is 18.7 Å². The van der Waals surface area contributed by atoms with Gasteiger partial charge in [0.1, 0.15) is 23.0 Å². The monoisotopic (exact) mass is 619 g/mol. The number of thiophene rings is 1. The summed E-state index contributed by atoms with van der Waals surface area (Å²) in [6.07, 6.45) is 0.561. The van der Waals surface area contributed by atoms with Crippen LogP contribution in [0.1, 0.15) is 42.4 Å². The molecular formula is C35H30FN5O3S. The zero-order chi connectivity index (χ0) is 31.2. The number of amides is 2. The first-order valence-corrected chi connectivity index (χ1v) is 15.8. The number of ether oxygens (including phenoxy) is 1. The minimum absolute atomic E-state index is 0.0671. The molecule has 5 heterocycles. The van der Waals surface area contributed by atoms with Crippen LogP contribution in [-0.4, -0.2) is 50.7 Å². The van der Waals surface area contributed by atoms with Gasteiger partial charge in [-0.25, -0.2) is 9.37 Å². The molecule has 0 radical (unpaired) electrons. The fourth-order valence-electron chi connectivity index (χ4n) is 6.05. The molecular weight excluding hydrogens is 589 g/mol. The second kappa shape index (κ2) is 11.5. The number of nitrogens with zero attached hydrogens (tertiary/aromatic N) is 4. The number of nitrogens with one attached hydrogen (secondary N) is 1. The van der Waals surface area contributed by atoms with E-state index in [0.29, 0.717) is 48.9 Å². The minimum Gasteiger partial charge on any atom is -0.490 e. The summed E-state index contributed by atoms with van der Waals surface area (Å²) in [5.41, 5.74) is 7.00. The van der Waals surface area contributed by atoms with Gasteiger partial charge in [-0.1, -0.05) is 12.0 Å². The van der Waals surface area contributed by atoms with E-state index in [1.165, 1.54) is 12.1 Å². The highest BCUT2D eigenvalue weighted by Gasteiger charge is 2.27.